The van der Waals surface area contributed by atoms with Crippen LogP contribution in [0.4, 0.5) is 13.2 Å². The van der Waals surface area contributed by atoms with E-state index in [9.17, 15) is 22.8 Å². The highest BCUT2D eigenvalue weighted by atomic mass is 19.4. The van der Waals surface area contributed by atoms with Crippen molar-refractivity contribution in [2.45, 2.75) is 64.1 Å². The Morgan fingerprint density at radius 2 is 2.00 bits per heavy atom. The zero-order valence-corrected chi connectivity index (χ0v) is 18.2. The van der Waals surface area contributed by atoms with Crippen LogP contribution < -0.4 is 10.9 Å². The van der Waals surface area contributed by atoms with Gasteiger partial charge in [-0.3, -0.25) is 9.59 Å². The smallest absolute Gasteiger partial charge is 0.381 e. The van der Waals surface area contributed by atoms with Gasteiger partial charge >= 0.3 is 6.18 Å². The van der Waals surface area contributed by atoms with Crippen LogP contribution in [0.25, 0.3) is 0 Å². The maximum Gasteiger partial charge on any atom is 0.416 e. The maximum atomic E-state index is 13.6. The van der Waals surface area contributed by atoms with Crippen LogP contribution in [0, 0.1) is 17.3 Å². The molecule has 32 heavy (non-hydrogen) atoms. The molecule has 2 fully saturated rings. The van der Waals surface area contributed by atoms with Crippen molar-refractivity contribution >= 4 is 5.91 Å². The Kier molecular flexibility index (Phi) is 5.05. The van der Waals surface area contributed by atoms with E-state index in [0.717, 1.165) is 25.7 Å². The first kappa shape index (κ1) is 21.7. The molecule has 2 saturated heterocycles. The molecular weight excluding hydrogens is 423 g/mol. The van der Waals surface area contributed by atoms with Gasteiger partial charge in [-0.1, -0.05) is 26.0 Å². The largest absolute Gasteiger partial charge is 0.416 e. The molecule has 174 valence electrons. The molecule has 0 aromatic carbocycles. The fraction of sp³-hybridized carbons (Fsp3) is 0.652. The van der Waals surface area contributed by atoms with Gasteiger partial charge in [0, 0.05) is 37.0 Å². The number of carbonyl (C=O) groups excluding carboxylic acids is 1. The second-order valence-corrected chi connectivity index (χ2v) is 9.80. The zero-order chi connectivity index (χ0) is 22.8. The van der Waals surface area contributed by atoms with Crippen molar-refractivity contribution < 1.29 is 22.7 Å². The van der Waals surface area contributed by atoms with Crippen LogP contribution in [0.2, 0.25) is 0 Å². The van der Waals surface area contributed by atoms with E-state index in [4.69, 9.17) is 4.74 Å². The van der Waals surface area contributed by atoms with Crippen molar-refractivity contribution in [1.82, 2.24) is 14.8 Å². The summed E-state index contributed by atoms with van der Waals surface area (Å²) in [6.07, 6.45) is 1.02. The van der Waals surface area contributed by atoms with Gasteiger partial charge in [0.05, 0.1) is 30.2 Å². The molecule has 6 nitrogen and oxygen atoms in total. The van der Waals surface area contributed by atoms with E-state index < -0.39 is 22.7 Å². The number of ether oxygens (including phenoxy) is 1. The van der Waals surface area contributed by atoms with Crippen LogP contribution in [-0.4, -0.2) is 46.7 Å². The first-order valence-electron chi connectivity index (χ1n) is 11.3. The fourth-order valence-corrected chi connectivity index (χ4v) is 5.99. The zero-order valence-electron chi connectivity index (χ0n) is 18.2. The fourth-order valence-electron chi connectivity index (χ4n) is 5.99. The van der Waals surface area contributed by atoms with Gasteiger partial charge in [-0.05, 0) is 30.7 Å². The number of alkyl halides is 3. The minimum Gasteiger partial charge on any atom is -0.381 e. The van der Waals surface area contributed by atoms with Gasteiger partial charge < -0.3 is 19.5 Å². The number of hydrogen-bond acceptors (Lipinski definition) is 4. The average molecular weight is 451 g/mol. The Balaban J connectivity index is 1.38. The van der Waals surface area contributed by atoms with Crippen LogP contribution in [0.1, 0.15) is 37.9 Å². The molecule has 3 aliphatic heterocycles. The molecule has 0 bridgehead atoms. The van der Waals surface area contributed by atoms with Crippen molar-refractivity contribution in [2.24, 2.45) is 17.3 Å². The topological polar surface area (TPSA) is 63.6 Å². The number of rotatable bonds is 2. The molecule has 5 rings (SSSR count). The summed E-state index contributed by atoms with van der Waals surface area (Å²) in [5.41, 5.74) is -2.07. The molecule has 1 spiro atoms. The molecule has 1 aromatic rings. The lowest BCUT2D eigenvalue weighted by molar-refractivity contribution is -0.138. The number of aromatic nitrogens is 1. The van der Waals surface area contributed by atoms with E-state index in [1.165, 1.54) is 4.57 Å². The highest BCUT2D eigenvalue weighted by molar-refractivity contribution is 5.89. The Morgan fingerprint density at radius 3 is 2.72 bits per heavy atom. The lowest BCUT2D eigenvalue weighted by Gasteiger charge is -2.34. The Labute approximate surface area is 184 Å². The predicted molar refractivity (Wildman–Crippen MR) is 111 cm³/mol. The first-order chi connectivity index (χ1) is 15.1. The average Bonchev–Trinajstić information content (AvgIpc) is 3.25. The number of fused-ring (bicyclic) bond motifs is 2. The molecule has 6 atom stereocenters. The minimum absolute atomic E-state index is 0.0255. The van der Waals surface area contributed by atoms with Gasteiger partial charge in [0.25, 0.3) is 5.56 Å². The Morgan fingerprint density at radius 1 is 1.22 bits per heavy atom. The molecule has 1 aliphatic carbocycles. The summed E-state index contributed by atoms with van der Waals surface area (Å²) in [6.45, 7) is 5.87. The highest BCUT2D eigenvalue weighted by Crippen LogP contribution is 2.51. The van der Waals surface area contributed by atoms with Crippen LogP contribution in [-0.2, 0) is 28.8 Å². The standard InChI is InChI=1S/C23H28F3N3O3/c1-13-12-32-6-4-18(13)27-16-3-5-22(9-16)14(2)19-11-28-17(10-29(19)21(22)31)7-15(8-20(28)30)23(24,25)26/h3,5,7-8,13-14,16,18-19,27H,4,6,9-12H2,1-2H3/t13-,14?,16+,18+,19?,22-/m0/s1. The van der Waals surface area contributed by atoms with Crippen molar-refractivity contribution in [1.29, 1.82) is 0 Å². The van der Waals surface area contributed by atoms with Crippen molar-refractivity contribution in [3.63, 3.8) is 0 Å². The first-order valence-corrected chi connectivity index (χ1v) is 11.3. The molecule has 9 heteroatoms. The van der Waals surface area contributed by atoms with Gasteiger partial charge in [-0.25, -0.2) is 0 Å². The Bertz CT molecular complexity index is 1020. The van der Waals surface area contributed by atoms with E-state index in [2.05, 4.69) is 18.3 Å². The molecule has 0 radical (unpaired) electrons. The van der Waals surface area contributed by atoms with Crippen LogP contribution in [0.5, 0.6) is 0 Å². The molecule has 1 amide bonds. The summed E-state index contributed by atoms with van der Waals surface area (Å²) in [4.78, 5) is 27.7. The molecule has 4 aliphatic rings. The number of nitrogens with one attached hydrogen (secondary N) is 1. The Hall–Kier alpha value is -2.13. The normalized spacial score (nSPS) is 36.6. The lowest BCUT2D eigenvalue weighted by Crippen LogP contribution is -2.47. The van der Waals surface area contributed by atoms with E-state index in [-0.39, 0.29) is 42.7 Å². The highest BCUT2D eigenvalue weighted by Gasteiger charge is 2.59. The van der Waals surface area contributed by atoms with Crippen molar-refractivity contribution in [3.05, 3.63) is 45.9 Å². The maximum absolute atomic E-state index is 13.6. The van der Waals surface area contributed by atoms with Gasteiger partial charge in [0.1, 0.15) is 0 Å². The lowest BCUT2D eigenvalue weighted by atomic mass is 9.75. The van der Waals surface area contributed by atoms with Crippen LogP contribution >= 0.6 is 0 Å². The molecule has 2 unspecified atom stereocenters. The van der Waals surface area contributed by atoms with Crippen LogP contribution in [0.15, 0.2) is 29.1 Å². The van der Waals surface area contributed by atoms with E-state index in [1.807, 2.05) is 13.0 Å². The summed E-state index contributed by atoms with van der Waals surface area (Å²) < 4.78 is 46.5. The van der Waals surface area contributed by atoms with Gasteiger partial charge in [-0.15, -0.1) is 0 Å². The summed E-state index contributed by atoms with van der Waals surface area (Å²) >= 11 is 0. The van der Waals surface area contributed by atoms with Crippen molar-refractivity contribution in [2.75, 3.05) is 13.2 Å². The molecular formula is C23H28F3N3O3. The van der Waals surface area contributed by atoms with Gasteiger partial charge in [-0.2, -0.15) is 13.2 Å². The summed E-state index contributed by atoms with van der Waals surface area (Å²) in [5.74, 6) is 0.292. The second-order valence-electron chi connectivity index (χ2n) is 9.80. The number of hydrogen-bond donors (Lipinski definition) is 1. The van der Waals surface area contributed by atoms with E-state index >= 15 is 0 Å². The summed E-state index contributed by atoms with van der Waals surface area (Å²) in [7, 11) is 0. The minimum atomic E-state index is -4.59. The summed E-state index contributed by atoms with van der Waals surface area (Å²) in [5, 5.41) is 3.67. The number of carbonyl (C=O) groups is 1. The number of halogens is 3. The van der Waals surface area contributed by atoms with Gasteiger partial charge in [0.2, 0.25) is 5.91 Å². The number of pyridine rings is 1. The quantitative estimate of drug-likeness (QED) is 0.703. The van der Waals surface area contributed by atoms with Gasteiger partial charge in [0.15, 0.2) is 0 Å². The van der Waals surface area contributed by atoms with E-state index in [0.29, 0.717) is 24.4 Å². The predicted octanol–water partition coefficient (Wildman–Crippen LogP) is 2.56. The third kappa shape index (κ3) is 3.32. The molecule has 0 saturated carbocycles. The second kappa shape index (κ2) is 7.45. The van der Waals surface area contributed by atoms with Crippen molar-refractivity contribution in [3.8, 4) is 0 Å². The molecule has 1 N–H and O–H groups in total. The monoisotopic (exact) mass is 451 g/mol. The SMILES string of the molecule is CC1C2Cn3c(cc(C(F)(F)F)cc3=O)CN2C(=O)[C@]12C=C[C@@H](N[C@@H]1CCOC[C@@H]1C)C2. The number of amides is 1. The molecule has 1 aromatic heterocycles. The molecule has 4 heterocycles. The number of nitrogens with zero attached hydrogens (tertiary/aromatic N) is 2. The third-order valence-corrected chi connectivity index (χ3v) is 7.94. The van der Waals surface area contributed by atoms with Crippen LogP contribution in [0.3, 0.4) is 0 Å². The third-order valence-electron chi connectivity index (χ3n) is 7.94. The van der Waals surface area contributed by atoms with E-state index in [1.54, 1.807) is 4.90 Å². The summed E-state index contributed by atoms with van der Waals surface area (Å²) in [6, 6.07) is 1.83.